The Kier molecular flexibility index (Phi) is 4.30. The predicted octanol–water partition coefficient (Wildman–Crippen LogP) is 3.26. The van der Waals surface area contributed by atoms with Crippen molar-refractivity contribution in [3.05, 3.63) is 91.8 Å². The third-order valence-electron chi connectivity index (χ3n) is 5.29. The molecular formula is C22H16ClN5O2. The minimum atomic E-state index is -0.424. The molecule has 0 bridgehead atoms. The van der Waals surface area contributed by atoms with Crippen molar-refractivity contribution in [1.29, 1.82) is 5.26 Å². The van der Waals surface area contributed by atoms with Crippen molar-refractivity contribution >= 4 is 22.8 Å². The summed E-state index contributed by atoms with van der Waals surface area (Å²) in [5.74, 6) is 0. The Bertz CT molecular complexity index is 1440. The highest BCUT2D eigenvalue weighted by Gasteiger charge is 2.30. The Morgan fingerprint density at radius 2 is 1.83 bits per heavy atom. The van der Waals surface area contributed by atoms with E-state index in [1.165, 1.54) is 9.13 Å². The first-order chi connectivity index (χ1) is 14.6. The number of hydrogen-bond acceptors (Lipinski definition) is 4. The zero-order chi connectivity index (χ0) is 20.8. The summed E-state index contributed by atoms with van der Waals surface area (Å²) in [5.41, 5.74) is 1.85. The topological polar surface area (TPSA) is 85.6 Å². The summed E-state index contributed by atoms with van der Waals surface area (Å²) >= 11 is 6.38. The van der Waals surface area contributed by atoms with Gasteiger partial charge in [-0.3, -0.25) is 9.36 Å². The maximum Gasteiger partial charge on any atom is 0.337 e. The maximum atomic E-state index is 13.3. The lowest BCUT2D eigenvalue weighted by Crippen LogP contribution is -2.39. The molecule has 1 aliphatic carbocycles. The fourth-order valence-corrected chi connectivity index (χ4v) is 3.88. The molecule has 30 heavy (non-hydrogen) atoms. The van der Waals surface area contributed by atoms with E-state index in [1.54, 1.807) is 47.3 Å². The molecule has 4 aromatic rings. The molecule has 2 aromatic carbocycles. The molecule has 1 saturated carbocycles. The Morgan fingerprint density at radius 3 is 2.50 bits per heavy atom. The van der Waals surface area contributed by atoms with Gasteiger partial charge in [-0.1, -0.05) is 35.9 Å². The minimum absolute atomic E-state index is 0.0959. The number of nitriles is 1. The van der Waals surface area contributed by atoms with Gasteiger partial charge in [-0.25, -0.2) is 14.3 Å². The standard InChI is InChI=1S/C22H16ClN5O2/c23-17-3-1-2-4-18(17)28-20-19(21(29)27(22(28)30)16-9-10-16)26(13-25-20)12-15-7-5-14(11-24)6-8-15/h1-8,13,16H,9-10,12H2. The molecule has 0 saturated heterocycles. The van der Waals surface area contributed by atoms with Crippen LogP contribution in [0.4, 0.5) is 0 Å². The van der Waals surface area contributed by atoms with Gasteiger partial charge in [0.2, 0.25) is 0 Å². The van der Waals surface area contributed by atoms with Gasteiger partial charge in [0, 0.05) is 12.6 Å². The van der Waals surface area contributed by atoms with E-state index < -0.39 is 5.69 Å². The quantitative estimate of drug-likeness (QED) is 0.510. The maximum absolute atomic E-state index is 13.3. The first kappa shape index (κ1) is 18.4. The van der Waals surface area contributed by atoms with E-state index in [2.05, 4.69) is 11.1 Å². The van der Waals surface area contributed by atoms with Gasteiger partial charge in [-0.2, -0.15) is 5.26 Å². The summed E-state index contributed by atoms with van der Waals surface area (Å²) in [6.07, 6.45) is 3.16. The van der Waals surface area contributed by atoms with Crippen LogP contribution in [-0.2, 0) is 6.54 Å². The number of rotatable bonds is 4. The minimum Gasteiger partial charge on any atom is -0.320 e. The summed E-state index contributed by atoms with van der Waals surface area (Å²) in [7, 11) is 0. The van der Waals surface area contributed by atoms with Crippen molar-refractivity contribution in [2.24, 2.45) is 0 Å². The molecule has 0 atom stereocenters. The average molecular weight is 418 g/mol. The van der Waals surface area contributed by atoms with Crippen LogP contribution < -0.4 is 11.2 Å². The van der Waals surface area contributed by atoms with Crippen molar-refractivity contribution in [1.82, 2.24) is 18.7 Å². The number of benzene rings is 2. The fraction of sp³-hybridized carbons (Fsp3) is 0.182. The number of nitrogens with zero attached hydrogens (tertiary/aromatic N) is 5. The highest BCUT2D eigenvalue weighted by atomic mass is 35.5. The molecule has 0 amide bonds. The first-order valence-corrected chi connectivity index (χ1v) is 9.92. The largest absolute Gasteiger partial charge is 0.337 e. The van der Waals surface area contributed by atoms with Gasteiger partial charge in [0.25, 0.3) is 5.56 Å². The van der Waals surface area contributed by atoms with E-state index in [4.69, 9.17) is 16.9 Å². The van der Waals surface area contributed by atoms with Crippen LogP contribution in [0.5, 0.6) is 0 Å². The molecular weight excluding hydrogens is 402 g/mol. The molecule has 0 aliphatic heterocycles. The zero-order valence-electron chi connectivity index (χ0n) is 15.8. The highest BCUT2D eigenvalue weighted by Crippen LogP contribution is 2.33. The third kappa shape index (κ3) is 2.93. The van der Waals surface area contributed by atoms with E-state index in [-0.39, 0.29) is 17.2 Å². The van der Waals surface area contributed by atoms with Gasteiger partial charge in [0.15, 0.2) is 11.2 Å². The van der Waals surface area contributed by atoms with Gasteiger partial charge in [0.05, 0.1) is 28.7 Å². The van der Waals surface area contributed by atoms with Gasteiger partial charge >= 0.3 is 5.69 Å². The molecule has 1 fully saturated rings. The van der Waals surface area contributed by atoms with Crippen molar-refractivity contribution in [3.63, 3.8) is 0 Å². The fourth-order valence-electron chi connectivity index (χ4n) is 3.66. The number of hydrogen-bond donors (Lipinski definition) is 0. The molecule has 0 N–H and O–H groups in total. The van der Waals surface area contributed by atoms with Crippen LogP contribution in [0, 0.1) is 11.3 Å². The number of halogens is 1. The van der Waals surface area contributed by atoms with Crippen molar-refractivity contribution in [3.8, 4) is 11.8 Å². The lowest BCUT2D eigenvalue weighted by molar-refractivity contribution is 0.639. The smallest absolute Gasteiger partial charge is 0.320 e. The van der Waals surface area contributed by atoms with Crippen LogP contribution in [0.25, 0.3) is 16.9 Å². The number of aromatic nitrogens is 4. The second-order valence-electron chi connectivity index (χ2n) is 7.33. The van der Waals surface area contributed by atoms with Gasteiger partial charge < -0.3 is 4.57 Å². The van der Waals surface area contributed by atoms with Gasteiger partial charge in [-0.15, -0.1) is 0 Å². The molecule has 148 valence electrons. The molecule has 2 aromatic heterocycles. The normalized spacial score (nSPS) is 13.5. The Hall–Kier alpha value is -3.63. The Labute approximate surface area is 176 Å². The van der Waals surface area contributed by atoms with Gasteiger partial charge in [0.1, 0.15) is 0 Å². The van der Waals surface area contributed by atoms with E-state index in [1.807, 2.05) is 12.1 Å². The van der Waals surface area contributed by atoms with Crippen LogP contribution in [0.15, 0.2) is 64.4 Å². The lowest BCUT2D eigenvalue weighted by atomic mass is 10.1. The van der Waals surface area contributed by atoms with E-state index in [0.717, 1.165) is 18.4 Å². The van der Waals surface area contributed by atoms with Crippen molar-refractivity contribution in [2.75, 3.05) is 0 Å². The first-order valence-electron chi connectivity index (χ1n) is 9.55. The number of para-hydroxylation sites is 1. The van der Waals surface area contributed by atoms with Crippen LogP contribution in [0.1, 0.15) is 30.0 Å². The molecule has 8 heteroatoms. The molecule has 0 spiro atoms. The molecule has 7 nitrogen and oxygen atoms in total. The van der Waals surface area contributed by atoms with Crippen molar-refractivity contribution < 1.29 is 0 Å². The Morgan fingerprint density at radius 1 is 1.10 bits per heavy atom. The molecule has 0 unspecified atom stereocenters. The molecule has 5 rings (SSSR count). The second-order valence-corrected chi connectivity index (χ2v) is 7.74. The summed E-state index contributed by atoms with van der Waals surface area (Å²) in [6, 6.07) is 16.2. The molecule has 0 radical (unpaired) electrons. The summed E-state index contributed by atoms with van der Waals surface area (Å²) in [4.78, 5) is 31.0. The van der Waals surface area contributed by atoms with Gasteiger partial charge in [-0.05, 0) is 42.7 Å². The van der Waals surface area contributed by atoms with Crippen LogP contribution in [0.3, 0.4) is 0 Å². The van der Waals surface area contributed by atoms with E-state index in [0.29, 0.717) is 28.3 Å². The predicted molar refractivity (Wildman–Crippen MR) is 113 cm³/mol. The summed E-state index contributed by atoms with van der Waals surface area (Å²) < 4.78 is 4.49. The van der Waals surface area contributed by atoms with Crippen LogP contribution in [0.2, 0.25) is 5.02 Å². The van der Waals surface area contributed by atoms with E-state index in [9.17, 15) is 9.59 Å². The summed E-state index contributed by atoms with van der Waals surface area (Å²) in [6.45, 7) is 0.392. The monoisotopic (exact) mass is 417 g/mol. The lowest BCUT2D eigenvalue weighted by Gasteiger charge is -2.13. The molecule has 1 aliphatic rings. The molecule has 2 heterocycles. The number of fused-ring (bicyclic) bond motifs is 1. The van der Waals surface area contributed by atoms with Crippen LogP contribution in [-0.4, -0.2) is 18.7 Å². The number of imidazole rings is 1. The van der Waals surface area contributed by atoms with Crippen LogP contribution >= 0.6 is 11.6 Å². The highest BCUT2D eigenvalue weighted by molar-refractivity contribution is 6.32. The second kappa shape index (κ2) is 7.01. The Balaban J connectivity index is 1.75. The zero-order valence-corrected chi connectivity index (χ0v) is 16.6. The summed E-state index contributed by atoms with van der Waals surface area (Å²) in [5, 5.41) is 9.39. The SMILES string of the molecule is N#Cc1ccc(Cn2cnc3c2c(=O)n(C2CC2)c(=O)n3-c2ccccc2Cl)cc1. The van der Waals surface area contributed by atoms with E-state index >= 15 is 0 Å². The average Bonchev–Trinajstić information content (AvgIpc) is 3.50. The third-order valence-corrected chi connectivity index (χ3v) is 5.61. The van der Waals surface area contributed by atoms with Crippen molar-refractivity contribution in [2.45, 2.75) is 25.4 Å².